The summed E-state index contributed by atoms with van der Waals surface area (Å²) in [7, 11) is 0. The summed E-state index contributed by atoms with van der Waals surface area (Å²) in [6.07, 6.45) is 1.01. The topological polar surface area (TPSA) is 90.9 Å². The van der Waals surface area contributed by atoms with Gasteiger partial charge in [0.1, 0.15) is 0 Å². The van der Waals surface area contributed by atoms with Gasteiger partial charge in [-0.05, 0) is 38.1 Å². The molecule has 0 aromatic heterocycles. The van der Waals surface area contributed by atoms with Crippen molar-refractivity contribution < 1.29 is 28.6 Å². The normalized spacial score (nSPS) is 16.3. The maximum atomic E-state index is 11.8. The number of hydrogen-bond donors (Lipinski definition) is 1. The van der Waals surface area contributed by atoms with Crippen LogP contribution in [0.5, 0.6) is 0 Å². The Hall–Kier alpha value is -2.83. The molecule has 1 aromatic rings. The summed E-state index contributed by atoms with van der Waals surface area (Å²) in [6, 6.07) is 6.40. The van der Waals surface area contributed by atoms with Crippen molar-refractivity contribution >= 4 is 23.6 Å². The number of nitrogens with one attached hydrogen (secondary N) is 1. The zero-order chi connectivity index (χ0) is 17.9. The average molecular weight is 333 g/mol. The van der Waals surface area contributed by atoms with Crippen LogP contribution in [0.2, 0.25) is 0 Å². The molecule has 1 aromatic carbocycles. The molecule has 0 radical (unpaired) electrons. The van der Waals surface area contributed by atoms with Gasteiger partial charge in [-0.25, -0.2) is 14.4 Å². The van der Waals surface area contributed by atoms with E-state index >= 15 is 0 Å². The van der Waals surface area contributed by atoms with Crippen LogP contribution in [0.3, 0.4) is 0 Å². The average Bonchev–Trinajstić information content (AvgIpc) is 2.45. The van der Waals surface area contributed by atoms with E-state index in [4.69, 9.17) is 14.2 Å². The lowest BCUT2D eigenvalue weighted by molar-refractivity contribution is -0.222. The Kier molecular flexibility index (Phi) is 4.92. The highest BCUT2D eigenvalue weighted by atomic mass is 16.7. The van der Waals surface area contributed by atoms with Crippen LogP contribution in [0.4, 0.5) is 5.69 Å². The second-order valence-electron chi connectivity index (χ2n) is 5.91. The summed E-state index contributed by atoms with van der Waals surface area (Å²) < 4.78 is 15.0. The van der Waals surface area contributed by atoms with Crippen molar-refractivity contribution in [2.45, 2.75) is 39.6 Å². The maximum absolute atomic E-state index is 11.8. The third kappa shape index (κ3) is 4.34. The number of rotatable bonds is 4. The van der Waals surface area contributed by atoms with Crippen molar-refractivity contribution in [2.24, 2.45) is 0 Å². The standard InChI is InChI=1S/C17H19NO6/c1-10(2)22-14(19)11-5-7-12(8-6-11)18-9-13-15(20)23-17(3,4)24-16(13)21/h5-10,18H,1-4H3. The summed E-state index contributed by atoms with van der Waals surface area (Å²) in [5.41, 5.74) is 0.742. The molecule has 7 heteroatoms. The van der Waals surface area contributed by atoms with E-state index in [1.54, 1.807) is 38.1 Å². The number of carbonyl (C=O) groups is 3. The smallest absolute Gasteiger partial charge is 0.350 e. The van der Waals surface area contributed by atoms with E-state index in [0.29, 0.717) is 11.3 Å². The second kappa shape index (κ2) is 6.74. The SMILES string of the molecule is CC(C)OC(=O)c1ccc(NC=C2C(=O)OC(C)(C)OC2=O)cc1. The highest BCUT2D eigenvalue weighted by molar-refractivity contribution is 6.15. The molecule has 7 nitrogen and oxygen atoms in total. The predicted molar refractivity (Wildman–Crippen MR) is 85.0 cm³/mol. The van der Waals surface area contributed by atoms with E-state index in [1.165, 1.54) is 20.0 Å². The van der Waals surface area contributed by atoms with Gasteiger partial charge in [-0.2, -0.15) is 0 Å². The molecule has 0 aliphatic carbocycles. The van der Waals surface area contributed by atoms with Gasteiger partial charge in [0.05, 0.1) is 11.7 Å². The minimum atomic E-state index is -1.27. The van der Waals surface area contributed by atoms with Gasteiger partial charge < -0.3 is 19.5 Å². The molecule has 1 aliphatic rings. The number of anilines is 1. The first kappa shape index (κ1) is 17.5. The number of carbonyl (C=O) groups excluding carboxylic acids is 3. The molecule has 0 spiro atoms. The highest BCUT2D eigenvalue weighted by Gasteiger charge is 2.38. The Morgan fingerprint density at radius 2 is 1.67 bits per heavy atom. The monoisotopic (exact) mass is 333 g/mol. The van der Waals surface area contributed by atoms with Crippen molar-refractivity contribution in [3.8, 4) is 0 Å². The molecule has 1 saturated heterocycles. The fourth-order valence-electron chi connectivity index (χ4n) is 1.92. The first-order chi connectivity index (χ1) is 11.2. The number of hydrogen-bond acceptors (Lipinski definition) is 7. The van der Waals surface area contributed by atoms with Crippen LogP contribution in [0.25, 0.3) is 0 Å². The minimum absolute atomic E-state index is 0.201. The van der Waals surface area contributed by atoms with Crippen LogP contribution >= 0.6 is 0 Å². The molecule has 24 heavy (non-hydrogen) atoms. The van der Waals surface area contributed by atoms with Crippen molar-refractivity contribution in [1.82, 2.24) is 0 Å². The predicted octanol–water partition coefficient (Wildman–Crippen LogP) is 2.38. The first-order valence-corrected chi connectivity index (χ1v) is 7.42. The minimum Gasteiger partial charge on any atom is -0.459 e. The van der Waals surface area contributed by atoms with Crippen molar-refractivity contribution in [1.29, 1.82) is 0 Å². The third-order valence-corrected chi connectivity index (χ3v) is 2.96. The lowest BCUT2D eigenvalue weighted by Crippen LogP contribution is -2.42. The van der Waals surface area contributed by atoms with Crippen molar-refractivity contribution in [2.75, 3.05) is 5.32 Å². The van der Waals surface area contributed by atoms with Gasteiger partial charge in [-0.1, -0.05) is 0 Å². The van der Waals surface area contributed by atoms with Gasteiger partial charge in [0.25, 0.3) is 5.79 Å². The molecule has 2 rings (SSSR count). The van der Waals surface area contributed by atoms with E-state index in [0.717, 1.165) is 0 Å². The summed E-state index contributed by atoms with van der Waals surface area (Å²) in [6.45, 7) is 6.48. The van der Waals surface area contributed by atoms with Crippen LogP contribution in [0.15, 0.2) is 36.0 Å². The van der Waals surface area contributed by atoms with E-state index in [1.807, 2.05) is 0 Å². The van der Waals surface area contributed by atoms with Crippen LogP contribution in [0.1, 0.15) is 38.1 Å². The zero-order valence-electron chi connectivity index (χ0n) is 13.9. The number of benzene rings is 1. The van der Waals surface area contributed by atoms with Gasteiger partial charge >= 0.3 is 17.9 Å². The van der Waals surface area contributed by atoms with Crippen molar-refractivity contribution in [3.63, 3.8) is 0 Å². The molecular weight excluding hydrogens is 314 g/mol. The van der Waals surface area contributed by atoms with Gasteiger partial charge in [-0.3, -0.25) is 0 Å². The Balaban J connectivity index is 2.05. The van der Waals surface area contributed by atoms with E-state index < -0.39 is 23.7 Å². The number of esters is 3. The van der Waals surface area contributed by atoms with Gasteiger partial charge in [0.15, 0.2) is 5.57 Å². The second-order valence-corrected chi connectivity index (χ2v) is 5.91. The lowest BCUT2D eigenvalue weighted by atomic mass is 10.2. The summed E-state index contributed by atoms with van der Waals surface area (Å²) in [5, 5.41) is 2.79. The van der Waals surface area contributed by atoms with Crippen LogP contribution in [-0.2, 0) is 23.8 Å². The number of ether oxygens (including phenoxy) is 3. The molecule has 1 N–H and O–H groups in total. The Labute approximate surface area is 139 Å². The van der Waals surface area contributed by atoms with Gasteiger partial charge in [0, 0.05) is 25.7 Å². The third-order valence-electron chi connectivity index (χ3n) is 2.96. The molecule has 0 atom stereocenters. The Bertz CT molecular complexity index is 666. The van der Waals surface area contributed by atoms with Crippen molar-refractivity contribution in [3.05, 3.63) is 41.6 Å². The molecule has 128 valence electrons. The van der Waals surface area contributed by atoms with E-state index in [2.05, 4.69) is 5.32 Å². The van der Waals surface area contributed by atoms with E-state index in [-0.39, 0.29) is 11.7 Å². The summed E-state index contributed by atoms with van der Waals surface area (Å²) >= 11 is 0. The lowest BCUT2D eigenvalue weighted by Gasteiger charge is -2.29. The Morgan fingerprint density at radius 1 is 1.12 bits per heavy atom. The largest absolute Gasteiger partial charge is 0.459 e. The van der Waals surface area contributed by atoms with Gasteiger partial charge in [0.2, 0.25) is 0 Å². The highest BCUT2D eigenvalue weighted by Crippen LogP contribution is 2.22. The summed E-state index contributed by atoms with van der Waals surface area (Å²) in [5.74, 6) is -3.22. The Morgan fingerprint density at radius 3 is 2.17 bits per heavy atom. The van der Waals surface area contributed by atoms with Crippen LogP contribution < -0.4 is 5.32 Å². The molecule has 0 bridgehead atoms. The fourth-order valence-corrected chi connectivity index (χ4v) is 1.92. The molecule has 1 aliphatic heterocycles. The van der Waals surface area contributed by atoms with Crippen LogP contribution in [-0.4, -0.2) is 29.8 Å². The summed E-state index contributed by atoms with van der Waals surface area (Å²) in [4.78, 5) is 35.3. The molecule has 0 amide bonds. The van der Waals surface area contributed by atoms with Crippen LogP contribution in [0, 0.1) is 0 Å². The first-order valence-electron chi connectivity index (χ1n) is 7.42. The zero-order valence-corrected chi connectivity index (χ0v) is 13.9. The fraction of sp³-hybridized carbons (Fsp3) is 0.353. The molecular formula is C17H19NO6. The molecule has 1 fully saturated rings. The van der Waals surface area contributed by atoms with E-state index in [9.17, 15) is 14.4 Å². The maximum Gasteiger partial charge on any atom is 0.350 e. The molecule has 0 unspecified atom stereocenters. The quantitative estimate of drug-likeness (QED) is 0.514. The number of cyclic esters (lactones) is 2. The molecule has 1 heterocycles. The van der Waals surface area contributed by atoms with Gasteiger partial charge in [-0.15, -0.1) is 0 Å². The molecule has 0 saturated carbocycles.